The number of aromatic nitrogens is 4. The van der Waals surface area contributed by atoms with Gasteiger partial charge in [0.2, 0.25) is 0 Å². The van der Waals surface area contributed by atoms with Gasteiger partial charge < -0.3 is 14.1 Å². The van der Waals surface area contributed by atoms with Gasteiger partial charge in [0.1, 0.15) is 23.3 Å². The average Bonchev–Trinajstić information content (AvgIpc) is 3.41. The Hall–Kier alpha value is -3.33. The molecule has 0 aliphatic carbocycles. The Morgan fingerprint density at radius 3 is 2.90 bits per heavy atom. The number of aryl methyl sites for hydroxylation is 1. The molecule has 3 aromatic heterocycles. The highest BCUT2D eigenvalue weighted by Crippen LogP contribution is 2.28. The van der Waals surface area contributed by atoms with Gasteiger partial charge in [0.15, 0.2) is 5.82 Å². The third-order valence-corrected chi connectivity index (χ3v) is 5.77. The highest BCUT2D eigenvalue weighted by Gasteiger charge is 2.28. The Labute approximate surface area is 178 Å². The van der Waals surface area contributed by atoms with Crippen LogP contribution in [0.2, 0.25) is 0 Å². The Morgan fingerprint density at radius 2 is 2.16 bits per heavy atom. The summed E-state index contributed by atoms with van der Waals surface area (Å²) in [4.78, 5) is 36.2. The number of rotatable bonds is 3. The lowest BCUT2D eigenvalue weighted by molar-refractivity contribution is 0.0742. The second-order valence-corrected chi connectivity index (χ2v) is 7.85. The molecule has 2 aliphatic heterocycles. The first-order chi connectivity index (χ1) is 15.1. The molecule has 0 spiro atoms. The van der Waals surface area contributed by atoms with Crippen molar-refractivity contribution in [1.82, 2.24) is 24.6 Å². The van der Waals surface area contributed by atoms with Crippen LogP contribution in [0.3, 0.4) is 0 Å². The topological polar surface area (TPSA) is 103 Å². The van der Waals surface area contributed by atoms with Crippen LogP contribution in [0, 0.1) is 6.92 Å². The van der Waals surface area contributed by atoms with Crippen LogP contribution in [0.5, 0.6) is 0 Å². The number of carbonyl (C=O) groups excluding carboxylic acids is 1. The SMILES string of the molecule is Cc1cc(C2CCCO2)oc(=O)c1C(=O)N1CCc2nc(-c3cccnc3)nn2CC1. The average molecular weight is 421 g/mol. The van der Waals surface area contributed by atoms with Gasteiger partial charge in [-0.25, -0.2) is 14.5 Å². The van der Waals surface area contributed by atoms with Crippen LogP contribution in [0.1, 0.15) is 46.5 Å². The van der Waals surface area contributed by atoms with Crippen LogP contribution in [0.15, 0.2) is 39.8 Å². The molecule has 9 nitrogen and oxygen atoms in total. The van der Waals surface area contributed by atoms with E-state index < -0.39 is 5.63 Å². The van der Waals surface area contributed by atoms with E-state index in [1.165, 1.54) is 0 Å². The van der Waals surface area contributed by atoms with E-state index in [-0.39, 0.29) is 17.6 Å². The number of ether oxygens (including phenoxy) is 1. The van der Waals surface area contributed by atoms with Gasteiger partial charge in [-0.15, -0.1) is 0 Å². The molecule has 1 amide bonds. The summed E-state index contributed by atoms with van der Waals surface area (Å²) < 4.78 is 12.9. The number of fused-ring (bicyclic) bond motifs is 1. The van der Waals surface area contributed by atoms with Gasteiger partial charge in [0.25, 0.3) is 5.91 Å². The van der Waals surface area contributed by atoms with Gasteiger partial charge in [-0.3, -0.25) is 9.78 Å². The zero-order chi connectivity index (χ0) is 21.4. The fourth-order valence-corrected chi connectivity index (χ4v) is 4.13. The van der Waals surface area contributed by atoms with Gasteiger partial charge in [0.05, 0.1) is 6.54 Å². The minimum atomic E-state index is -0.602. The standard InChI is InChI=1S/C22H23N5O4/c1-14-12-17(16-5-3-11-30-16)31-22(29)19(14)21(28)26-8-6-18-24-20(25-27(18)10-9-26)15-4-2-7-23-13-15/h2,4,7,12-13,16H,3,5-6,8-11H2,1H3. The van der Waals surface area contributed by atoms with Crippen molar-refractivity contribution in [2.24, 2.45) is 0 Å². The van der Waals surface area contributed by atoms with Crippen molar-refractivity contribution in [3.63, 3.8) is 0 Å². The maximum atomic E-state index is 13.2. The molecule has 0 radical (unpaired) electrons. The third-order valence-electron chi connectivity index (χ3n) is 5.77. The highest BCUT2D eigenvalue weighted by molar-refractivity contribution is 5.95. The molecule has 0 bridgehead atoms. The fourth-order valence-electron chi connectivity index (χ4n) is 4.13. The molecule has 1 saturated heterocycles. The molecule has 3 aromatic rings. The molecule has 1 unspecified atom stereocenters. The maximum absolute atomic E-state index is 13.2. The zero-order valence-electron chi connectivity index (χ0n) is 17.3. The van der Waals surface area contributed by atoms with Crippen molar-refractivity contribution in [3.05, 3.63) is 63.7 Å². The molecular formula is C22H23N5O4. The number of hydrogen-bond acceptors (Lipinski definition) is 7. The summed E-state index contributed by atoms with van der Waals surface area (Å²) in [5, 5.41) is 4.57. The van der Waals surface area contributed by atoms with Gasteiger partial charge in [-0.05, 0) is 43.5 Å². The van der Waals surface area contributed by atoms with Crippen LogP contribution in [0.4, 0.5) is 0 Å². The van der Waals surface area contributed by atoms with Crippen molar-refractivity contribution in [3.8, 4) is 11.4 Å². The smallest absolute Gasteiger partial charge is 0.349 e. The molecule has 9 heteroatoms. The molecule has 2 aliphatic rings. The number of amides is 1. The minimum absolute atomic E-state index is 0.0882. The first-order valence-electron chi connectivity index (χ1n) is 10.5. The van der Waals surface area contributed by atoms with E-state index in [4.69, 9.17) is 9.15 Å². The Kier molecular flexibility index (Phi) is 5.11. The summed E-state index contributed by atoms with van der Waals surface area (Å²) in [6.45, 7) is 3.83. The first-order valence-corrected chi connectivity index (χ1v) is 10.5. The predicted molar refractivity (Wildman–Crippen MR) is 111 cm³/mol. The van der Waals surface area contributed by atoms with Gasteiger partial charge in [-0.2, -0.15) is 5.10 Å². The van der Waals surface area contributed by atoms with Gasteiger partial charge >= 0.3 is 5.63 Å². The Balaban J connectivity index is 1.34. The molecule has 5 rings (SSSR count). The molecule has 0 N–H and O–H groups in total. The van der Waals surface area contributed by atoms with Crippen LogP contribution in [0.25, 0.3) is 11.4 Å². The molecule has 0 aromatic carbocycles. The van der Waals surface area contributed by atoms with Crippen molar-refractivity contribution >= 4 is 5.91 Å². The molecule has 31 heavy (non-hydrogen) atoms. The number of nitrogens with zero attached hydrogens (tertiary/aromatic N) is 5. The van der Waals surface area contributed by atoms with Gasteiger partial charge in [0, 0.05) is 44.1 Å². The van der Waals surface area contributed by atoms with Crippen molar-refractivity contribution in [1.29, 1.82) is 0 Å². The lowest BCUT2D eigenvalue weighted by Gasteiger charge is -2.20. The minimum Gasteiger partial charge on any atom is -0.424 e. The summed E-state index contributed by atoms with van der Waals surface area (Å²) in [5.74, 6) is 1.62. The Morgan fingerprint density at radius 1 is 1.26 bits per heavy atom. The molecule has 1 atom stereocenters. The molecular weight excluding hydrogens is 398 g/mol. The number of carbonyl (C=O) groups is 1. The second-order valence-electron chi connectivity index (χ2n) is 7.85. The van der Waals surface area contributed by atoms with Crippen LogP contribution < -0.4 is 5.63 Å². The van der Waals surface area contributed by atoms with Crippen LogP contribution in [-0.2, 0) is 17.7 Å². The summed E-state index contributed by atoms with van der Waals surface area (Å²) in [6, 6.07) is 5.52. The van der Waals surface area contributed by atoms with Crippen LogP contribution >= 0.6 is 0 Å². The van der Waals surface area contributed by atoms with E-state index in [2.05, 4.69) is 15.1 Å². The highest BCUT2D eigenvalue weighted by atomic mass is 16.5. The van der Waals surface area contributed by atoms with E-state index in [0.717, 1.165) is 24.2 Å². The fraction of sp³-hybridized carbons (Fsp3) is 0.409. The van der Waals surface area contributed by atoms with E-state index >= 15 is 0 Å². The van der Waals surface area contributed by atoms with Gasteiger partial charge in [-0.1, -0.05) is 0 Å². The monoisotopic (exact) mass is 421 g/mol. The molecule has 0 saturated carbocycles. The molecule has 5 heterocycles. The number of hydrogen-bond donors (Lipinski definition) is 0. The summed E-state index contributed by atoms with van der Waals surface area (Å²) >= 11 is 0. The predicted octanol–water partition coefficient (Wildman–Crippen LogP) is 2.15. The Bertz CT molecular complexity index is 1140. The van der Waals surface area contributed by atoms with E-state index in [0.29, 0.717) is 49.8 Å². The maximum Gasteiger partial charge on any atom is 0.349 e. The van der Waals surface area contributed by atoms with Crippen molar-refractivity contribution in [2.75, 3.05) is 19.7 Å². The molecule has 1 fully saturated rings. The van der Waals surface area contributed by atoms with Crippen molar-refractivity contribution < 1.29 is 13.9 Å². The van der Waals surface area contributed by atoms with E-state index in [1.807, 2.05) is 16.8 Å². The quantitative estimate of drug-likeness (QED) is 0.638. The van der Waals surface area contributed by atoms with E-state index in [9.17, 15) is 9.59 Å². The van der Waals surface area contributed by atoms with E-state index in [1.54, 1.807) is 30.3 Å². The zero-order valence-corrected chi connectivity index (χ0v) is 17.3. The first kappa shape index (κ1) is 19.6. The largest absolute Gasteiger partial charge is 0.424 e. The lowest BCUT2D eigenvalue weighted by Crippen LogP contribution is -2.37. The summed E-state index contributed by atoms with van der Waals surface area (Å²) in [6.07, 6.45) is 5.55. The van der Waals surface area contributed by atoms with Crippen molar-refractivity contribution in [2.45, 2.75) is 38.8 Å². The lowest BCUT2D eigenvalue weighted by atomic mass is 10.1. The summed E-state index contributed by atoms with van der Waals surface area (Å²) in [5.41, 5.74) is 0.959. The summed E-state index contributed by atoms with van der Waals surface area (Å²) in [7, 11) is 0. The molecule has 160 valence electrons. The third kappa shape index (κ3) is 3.76. The number of pyridine rings is 1. The second kappa shape index (κ2) is 8.07. The normalized spacial score (nSPS) is 18.6. The van der Waals surface area contributed by atoms with Crippen LogP contribution in [-0.4, -0.2) is 50.3 Å².